The van der Waals surface area contributed by atoms with E-state index in [9.17, 15) is 0 Å². The zero-order valence-corrected chi connectivity index (χ0v) is 8.77. The Bertz CT molecular complexity index is 120. The Kier molecular flexibility index (Phi) is 3.29. The smallest absolute Gasteiger partial charge is 0.00500 e. The van der Waals surface area contributed by atoms with Crippen molar-refractivity contribution in [3.8, 4) is 0 Å². The van der Waals surface area contributed by atoms with E-state index in [1.807, 2.05) is 0 Å². The van der Waals surface area contributed by atoms with E-state index in [1.165, 1.54) is 19.3 Å². The quantitative estimate of drug-likeness (QED) is 0.620. The van der Waals surface area contributed by atoms with Gasteiger partial charge in [-0.25, -0.2) is 0 Å². The molecule has 0 aromatic carbocycles. The summed E-state index contributed by atoms with van der Waals surface area (Å²) in [6, 6.07) is 0. The lowest BCUT2D eigenvalue weighted by atomic mass is 9.71. The first-order valence-electron chi connectivity index (χ1n) is 4.79. The van der Waals surface area contributed by atoms with Crippen LogP contribution in [0.4, 0.5) is 0 Å². The number of thiol groups is 1. The topological polar surface area (TPSA) is 0 Å². The Balaban J connectivity index is 2.24. The van der Waals surface area contributed by atoms with Crippen molar-refractivity contribution in [1.29, 1.82) is 0 Å². The first-order valence-corrected chi connectivity index (χ1v) is 5.31. The second-order valence-electron chi connectivity index (χ2n) is 4.42. The van der Waals surface area contributed by atoms with Crippen LogP contribution in [0.25, 0.3) is 0 Å². The van der Waals surface area contributed by atoms with Gasteiger partial charge in [-0.15, -0.1) is 0 Å². The zero-order chi connectivity index (χ0) is 8.43. The lowest BCUT2D eigenvalue weighted by Crippen LogP contribution is -2.32. The molecular formula is C10H20S. The molecule has 11 heavy (non-hydrogen) atoms. The monoisotopic (exact) mass is 172 g/mol. The summed E-state index contributed by atoms with van der Waals surface area (Å²) in [7, 11) is 0. The van der Waals surface area contributed by atoms with Gasteiger partial charge in [0.15, 0.2) is 0 Å². The highest BCUT2D eigenvalue weighted by Crippen LogP contribution is 2.40. The average Bonchev–Trinajstić information content (AvgIpc) is 1.82. The van der Waals surface area contributed by atoms with Crippen LogP contribution in [-0.4, -0.2) is 5.25 Å². The molecule has 0 N–H and O–H groups in total. The molecular weight excluding hydrogens is 152 g/mol. The average molecular weight is 172 g/mol. The maximum atomic E-state index is 4.65. The molecule has 3 unspecified atom stereocenters. The number of hydrogen-bond acceptors (Lipinski definition) is 1. The highest BCUT2D eigenvalue weighted by atomic mass is 32.1. The molecule has 0 aromatic rings. The van der Waals surface area contributed by atoms with E-state index in [4.69, 9.17) is 0 Å². The van der Waals surface area contributed by atoms with Gasteiger partial charge in [0.2, 0.25) is 0 Å². The Hall–Kier alpha value is 0.350. The lowest BCUT2D eigenvalue weighted by Gasteiger charge is -2.38. The van der Waals surface area contributed by atoms with Crippen molar-refractivity contribution in [3.05, 3.63) is 0 Å². The highest BCUT2D eigenvalue weighted by molar-refractivity contribution is 7.81. The fourth-order valence-electron chi connectivity index (χ4n) is 1.92. The van der Waals surface area contributed by atoms with Crippen LogP contribution in [0, 0.1) is 17.8 Å². The van der Waals surface area contributed by atoms with Gasteiger partial charge < -0.3 is 0 Å². The first-order chi connectivity index (χ1) is 5.11. The van der Waals surface area contributed by atoms with Crippen molar-refractivity contribution in [2.75, 3.05) is 0 Å². The SMILES string of the molecule is CC(C)CC(S)C1CCC1C. The Morgan fingerprint density at radius 1 is 1.36 bits per heavy atom. The summed E-state index contributed by atoms with van der Waals surface area (Å²) in [5, 5.41) is 0.666. The van der Waals surface area contributed by atoms with Gasteiger partial charge in [-0.1, -0.05) is 27.2 Å². The van der Waals surface area contributed by atoms with Crippen LogP contribution in [0.1, 0.15) is 40.0 Å². The van der Waals surface area contributed by atoms with Gasteiger partial charge in [0.1, 0.15) is 0 Å². The van der Waals surface area contributed by atoms with E-state index in [0.29, 0.717) is 5.25 Å². The fourth-order valence-corrected chi connectivity index (χ4v) is 2.79. The zero-order valence-electron chi connectivity index (χ0n) is 7.88. The normalized spacial score (nSPS) is 33.5. The van der Waals surface area contributed by atoms with E-state index in [-0.39, 0.29) is 0 Å². The van der Waals surface area contributed by atoms with E-state index in [2.05, 4.69) is 33.4 Å². The van der Waals surface area contributed by atoms with Gasteiger partial charge in [0, 0.05) is 5.25 Å². The fraction of sp³-hybridized carbons (Fsp3) is 1.00. The minimum Gasteiger partial charge on any atom is -0.176 e. The molecule has 0 amide bonds. The van der Waals surface area contributed by atoms with E-state index in [0.717, 1.165) is 17.8 Å². The second-order valence-corrected chi connectivity index (χ2v) is 5.08. The summed E-state index contributed by atoms with van der Waals surface area (Å²) in [5.74, 6) is 2.67. The van der Waals surface area contributed by atoms with Gasteiger partial charge >= 0.3 is 0 Å². The van der Waals surface area contributed by atoms with Crippen molar-refractivity contribution in [3.63, 3.8) is 0 Å². The van der Waals surface area contributed by atoms with Gasteiger partial charge in [0.05, 0.1) is 0 Å². The Morgan fingerprint density at radius 3 is 2.27 bits per heavy atom. The molecule has 0 aromatic heterocycles. The maximum absolute atomic E-state index is 4.65. The summed E-state index contributed by atoms with van der Waals surface area (Å²) in [6.07, 6.45) is 4.14. The van der Waals surface area contributed by atoms with Crippen LogP contribution in [-0.2, 0) is 0 Å². The summed E-state index contributed by atoms with van der Waals surface area (Å²) in [5.41, 5.74) is 0. The van der Waals surface area contributed by atoms with Crippen molar-refractivity contribution in [1.82, 2.24) is 0 Å². The summed E-state index contributed by atoms with van der Waals surface area (Å²) in [6.45, 7) is 6.93. The predicted molar refractivity (Wildman–Crippen MR) is 54.1 cm³/mol. The molecule has 66 valence electrons. The van der Waals surface area contributed by atoms with Gasteiger partial charge in [-0.05, 0) is 30.6 Å². The van der Waals surface area contributed by atoms with E-state index in [1.54, 1.807) is 0 Å². The summed E-state index contributed by atoms with van der Waals surface area (Å²) in [4.78, 5) is 0. The first kappa shape index (κ1) is 9.44. The molecule has 0 nitrogen and oxygen atoms in total. The molecule has 1 aliphatic carbocycles. The van der Waals surface area contributed by atoms with Gasteiger partial charge in [-0.2, -0.15) is 12.6 Å². The molecule has 0 spiro atoms. The minimum atomic E-state index is 0.666. The number of rotatable bonds is 3. The number of hydrogen-bond donors (Lipinski definition) is 1. The molecule has 1 heteroatoms. The molecule has 0 bridgehead atoms. The lowest BCUT2D eigenvalue weighted by molar-refractivity contribution is 0.182. The molecule has 1 rings (SSSR count). The van der Waals surface area contributed by atoms with Gasteiger partial charge in [-0.3, -0.25) is 0 Å². The largest absolute Gasteiger partial charge is 0.176 e. The van der Waals surface area contributed by atoms with Gasteiger partial charge in [0.25, 0.3) is 0 Å². The molecule has 0 saturated heterocycles. The Morgan fingerprint density at radius 2 is 2.00 bits per heavy atom. The third-order valence-corrected chi connectivity index (χ3v) is 3.49. The van der Waals surface area contributed by atoms with Crippen LogP contribution < -0.4 is 0 Å². The van der Waals surface area contributed by atoms with E-state index >= 15 is 0 Å². The Labute approximate surface area is 76.2 Å². The predicted octanol–water partition coefficient (Wildman–Crippen LogP) is 3.38. The summed E-state index contributed by atoms with van der Waals surface area (Å²) >= 11 is 4.65. The third kappa shape index (κ3) is 2.40. The van der Waals surface area contributed by atoms with Crippen LogP contribution in [0.5, 0.6) is 0 Å². The van der Waals surface area contributed by atoms with Crippen molar-refractivity contribution >= 4 is 12.6 Å². The molecule has 1 fully saturated rings. The highest BCUT2D eigenvalue weighted by Gasteiger charge is 2.31. The molecule has 3 atom stereocenters. The van der Waals surface area contributed by atoms with Crippen molar-refractivity contribution in [2.45, 2.75) is 45.3 Å². The molecule has 0 radical (unpaired) electrons. The van der Waals surface area contributed by atoms with Crippen molar-refractivity contribution in [2.24, 2.45) is 17.8 Å². The van der Waals surface area contributed by atoms with Crippen molar-refractivity contribution < 1.29 is 0 Å². The maximum Gasteiger partial charge on any atom is 0.00500 e. The standard InChI is InChI=1S/C10H20S/c1-7(2)6-10(11)9-5-4-8(9)3/h7-11H,4-6H2,1-3H3. The third-order valence-electron chi connectivity index (χ3n) is 2.89. The van der Waals surface area contributed by atoms with Crippen LogP contribution >= 0.6 is 12.6 Å². The second kappa shape index (κ2) is 3.84. The van der Waals surface area contributed by atoms with Crippen LogP contribution in [0.2, 0.25) is 0 Å². The molecule has 1 aliphatic rings. The molecule has 0 heterocycles. The van der Waals surface area contributed by atoms with Crippen LogP contribution in [0.3, 0.4) is 0 Å². The molecule has 0 aliphatic heterocycles. The molecule has 1 saturated carbocycles. The minimum absolute atomic E-state index is 0.666. The van der Waals surface area contributed by atoms with E-state index < -0.39 is 0 Å². The summed E-state index contributed by atoms with van der Waals surface area (Å²) < 4.78 is 0. The van der Waals surface area contributed by atoms with Crippen LogP contribution in [0.15, 0.2) is 0 Å².